The maximum atomic E-state index is 5.66. The third kappa shape index (κ3) is 3.74. The van der Waals surface area contributed by atoms with Crippen molar-refractivity contribution in [1.29, 1.82) is 0 Å². The molecule has 0 radical (unpaired) electrons. The van der Waals surface area contributed by atoms with Gasteiger partial charge in [0.1, 0.15) is 0 Å². The average Bonchev–Trinajstić information content (AvgIpc) is 2.23. The van der Waals surface area contributed by atoms with Crippen molar-refractivity contribution >= 4 is 0 Å². The summed E-state index contributed by atoms with van der Waals surface area (Å²) in [6.07, 6.45) is 6.42. The molecule has 3 nitrogen and oxygen atoms in total. The summed E-state index contributed by atoms with van der Waals surface area (Å²) in [7, 11) is 0. The molecular weight excluding hydrogens is 192 g/mol. The normalized spacial score (nSPS) is 36.2. The van der Waals surface area contributed by atoms with Crippen LogP contribution in [0.4, 0.5) is 0 Å². The van der Waals surface area contributed by atoms with E-state index in [1.807, 2.05) is 0 Å². The van der Waals surface area contributed by atoms with Crippen LogP contribution in [-0.4, -0.2) is 32.2 Å². The second kappa shape index (κ2) is 5.83. The summed E-state index contributed by atoms with van der Waals surface area (Å²) in [5.74, 6) is 0.859. The Hall–Kier alpha value is -0.120. The van der Waals surface area contributed by atoms with Crippen LogP contribution in [0.25, 0.3) is 0 Å². The summed E-state index contributed by atoms with van der Waals surface area (Å²) in [6.45, 7) is 4.52. The molecule has 2 fully saturated rings. The molecule has 2 rings (SSSR count). The van der Waals surface area contributed by atoms with E-state index in [0.29, 0.717) is 12.7 Å². The highest BCUT2D eigenvalue weighted by Crippen LogP contribution is 2.28. The fourth-order valence-electron chi connectivity index (χ4n) is 2.20. The van der Waals surface area contributed by atoms with E-state index in [9.17, 15) is 0 Å². The van der Waals surface area contributed by atoms with Crippen molar-refractivity contribution in [1.82, 2.24) is 0 Å². The fourth-order valence-corrected chi connectivity index (χ4v) is 2.20. The molecule has 1 saturated heterocycles. The van der Waals surface area contributed by atoms with Crippen LogP contribution in [-0.2, 0) is 14.2 Å². The van der Waals surface area contributed by atoms with Crippen molar-refractivity contribution in [2.75, 3.05) is 19.8 Å². The highest BCUT2D eigenvalue weighted by Gasteiger charge is 2.25. The minimum absolute atomic E-state index is 0.0302. The Bertz CT molecular complexity index is 172. The summed E-state index contributed by atoms with van der Waals surface area (Å²) in [5.41, 5.74) is 0. The van der Waals surface area contributed by atoms with Gasteiger partial charge in [-0.3, -0.25) is 0 Å². The molecule has 1 saturated carbocycles. The minimum atomic E-state index is 0.0302. The molecule has 1 unspecified atom stereocenters. The Balaban J connectivity index is 1.44. The highest BCUT2D eigenvalue weighted by atomic mass is 16.7. The Morgan fingerprint density at radius 3 is 2.60 bits per heavy atom. The molecule has 0 amide bonds. The van der Waals surface area contributed by atoms with Gasteiger partial charge in [0.15, 0.2) is 6.29 Å². The Morgan fingerprint density at radius 2 is 1.93 bits per heavy atom. The van der Waals surface area contributed by atoms with Crippen LogP contribution in [0.15, 0.2) is 0 Å². The lowest BCUT2D eigenvalue weighted by molar-refractivity contribution is -0.174. The van der Waals surface area contributed by atoms with Crippen molar-refractivity contribution in [3.05, 3.63) is 0 Å². The SMILES string of the molecule is CC1CC(OCCOC2CCCCO2)C1. The summed E-state index contributed by atoms with van der Waals surface area (Å²) < 4.78 is 16.7. The van der Waals surface area contributed by atoms with Gasteiger partial charge in [-0.25, -0.2) is 0 Å². The van der Waals surface area contributed by atoms with Gasteiger partial charge in [0.2, 0.25) is 0 Å². The van der Waals surface area contributed by atoms with E-state index >= 15 is 0 Å². The molecule has 0 aromatic rings. The number of hydrogen-bond donors (Lipinski definition) is 0. The molecule has 1 aliphatic carbocycles. The predicted octanol–water partition coefficient (Wildman–Crippen LogP) is 2.34. The molecule has 0 bridgehead atoms. The van der Waals surface area contributed by atoms with E-state index in [1.54, 1.807) is 0 Å². The smallest absolute Gasteiger partial charge is 0.157 e. The molecule has 0 aromatic carbocycles. The molecular formula is C12H22O3. The molecule has 15 heavy (non-hydrogen) atoms. The van der Waals surface area contributed by atoms with Crippen molar-refractivity contribution in [3.8, 4) is 0 Å². The molecule has 2 aliphatic rings. The Morgan fingerprint density at radius 1 is 1.13 bits per heavy atom. The van der Waals surface area contributed by atoms with Gasteiger partial charge in [-0.1, -0.05) is 6.92 Å². The van der Waals surface area contributed by atoms with Crippen LogP contribution < -0.4 is 0 Å². The van der Waals surface area contributed by atoms with Crippen molar-refractivity contribution < 1.29 is 14.2 Å². The quantitative estimate of drug-likeness (QED) is 0.657. The van der Waals surface area contributed by atoms with Gasteiger partial charge in [-0.15, -0.1) is 0 Å². The zero-order valence-corrected chi connectivity index (χ0v) is 9.61. The first kappa shape index (κ1) is 11.4. The van der Waals surface area contributed by atoms with Gasteiger partial charge >= 0.3 is 0 Å². The second-order valence-corrected chi connectivity index (χ2v) is 4.74. The van der Waals surface area contributed by atoms with Gasteiger partial charge in [0, 0.05) is 6.61 Å². The summed E-state index contributed by atoms with van der Waals surface area (Å²) >= 11 is 0. The molecule has 0 N–H and O–H groups in total. The zero-order chi connectivity index (χ0) is 10.5. The topological polar surface area (TPSA) is 27.7 Å². The predicted molar refractivity (Wildman–Crippen MR) is 57.7 cm³/mol. The average molecular weight is 214 g/mol. The Labute approximate surface area is 92.1 Å². The van der Waals surface area contributed by atoms with Crippen LogP contribution in [0.2, 0.25) is 0 Å². The molecule has 1 heterocycles. The first-order valence-electron chi connectivity index (χ1n) is 6.19. The lowest BCUT2D eigenvalue weighted by Crippen LogP contribution is -2.31. The maximum Gasteiger partial charge on any atom is 0.157 e. The third-order valence-corrected chi connectivity index (χ3v) is 3.21. The van der Waals surface area contributed by atoms with Crippen LogP contribution >= 0.6 is 0 Å². The standard InChI is InChI=1S/C12H22O3/c1-10-8-11(9-10)13-6-7-15-12-4-2-3-5-14-12/h10-12H,2-9H2,1H3. The van der Waals surface area contributed by atoms with E-state index < -0.39 is 0 Å². The maximum absolute atomic E-state index is 5.66. The minimum Gasteiger partial charge on any atom is -0.376 e. The fraction of sp³-hybridized carbons (Fsp3) is 1.00. The molecule has 1 aliphatic heterocycles. The second-order valence-electron chi connectivity index (χ2n) is 4.74. The van der Waals surface area contributed by atoms with E-state index in [-0.39, 0.29) is 6.29 Å². The first-order valence-corrected chi connectivity index (χ1v) is 6.19. The van der Waals surface area contributed by atoms with Gasteiger partial charge in [0.25, 0.3) is 0 Å². The van der Waals surface area contributed by atoms with Crippen molar-refractivity contribution in [2.45, 2.75) is 51.4 Å². The zero-order valence-electron chi connectivity index (χ0n) is 9.61. The van der Waals surface area contributed by atoms with E-state index in [2.05, 4.69) is 6.92 Å². The molecule has 1 atom stereocenters. The van der Waals surface area contributed by atoms with Gasteiger partial charge in [-0.05, 0) is 38.0 Å². The number of hydrogen-bond acceptors (Lipinski definition) is 3. The molecule has 0 aromatic heterocycles. The van der Waals surface area contributed by atoms with Crippen LogP contribution in [0.5, 0.6) is 0 Å². The summed E-state index contributed by atoms with van der Waals surface area (Å²) in [5, 5.41) is 0. The lowest BCUT2D eigenvalue weighted by atomic mass is 9.84. The first-order chi connectivity index (χ1) is 7.34. The number of ether oxygens (including phenoxy) is 3. The highest BCUT2D eigenvalue weighted by molar-refractivity contribution is 4.76. The van der Waals surface area contributed by atoms with Gasteiger partial charge < -0.3 is 14.2 Å². The number of rotatable bonds is 5. The molecule has 3 heteroatoms. The van der Waals surface area contributed by atoms with Gasteiger partial charge in [0.05, 0.1) is 19.3 Å². The Kier molecular flexibility index (Phi) is 4.42. The lowest BCUT2D eigenvalue weighted by Gasteiger charge is -2.32. The van der Waals surface area contributed by atoms with E-state index in [0.717, 1.165) is 25.6 Å². The monoisotopic (exact) mass is 214 g/mol. The van der Waals surface area contributed by atoms with Crippen LogP contribution in [0.3, 0.4) is 0 Å². The van der Waals surface area contributed by atoms with E-state index in [4.69, 9.17) is 14.2 Å². The largest absolute Gasteiger partial charge is 0.376 e. The van der Waals surface area contributed by atoms with Crippen LogP contribution in [0.1, 0.15) is 39.0 Å². The van der Waals surface area contributed by atoms with Crippen LogP contribution in [0, 0.1) is 5.92 Å². The molecule has 0 spiro atoms. The van der Waals surface area contributed by atoms with Gasteiger partial charge in [-0.2, -0.15) is 0 Å². The van der Waals surface area contributed by atoms with Crippen molar-refractivity contribution in [3.63, 3.8) is 0 Å². The van der Waals surface area contributed by atoms with Crippen molar-refractivity contribution in [2.24, 2.45) is 5.92 Å². The third-order valence-electron chi connectivity index (χ3n) is 3.21. The summed E-state index contributed by atoms with van der Waals surface area (Å²) in [6, 6.07) is 0. The summed E-state index contributed by atoms with van der Waals surface area (Å²) in [4.78, 5) is 0. The molecule has 88 valence electrons. The van der Waals surface area contributed by atoms with E-state index in [1.165, 1.54) is 25.7 Å².